The third kappa shape index (κ3) is 4.68. The molecule has 0 unspecified atom stereocenters. The molecule has 0 bridgehead atoms. The van der Waals surface area contributed by atoms with Gasteiger partial charge in [-0.15, -0.1) is 0 Å². The Morgan fingerprint density at radius 1 is 1.15 bits per heavy atom. The first-order valence-corrected chi connectivity index (χ1v) is 8.55. The van der Waals surface area contributed by atoms with E-state index in [4.69, 9.17) is 9.47 Å². The van der Waals surface area contributed by atoms with Gasteiger partial charge in [-0.1, -0.05) is 19.9 Å². The third-order valence-electron chi connectivity index (χ3n) is 4.45. The van der Waals surface area contributed by atoms with Crippen molar-refractivity contribution < 1.29 is 9.47 Å². The van der Waals surface area contributed by atoms with E-state index in [2.05, 4.69) is 40.6 Å². The van der Waals surface area contributed by atoms with Gasteiger partial charge in [0.15, 0.2) is 17.5 Å². The van der Waals surface area contributed by atoms with Gasteiger partial charge in [-0.25, -0.2) is 0 Å². The third-order valence-corrected chi connectivity index (χ3v) is 4.45. The van der Waals surface area contributed by atoms with Crippen molar-refractivity contribution in [2.75, 3.05) is 27.8 Å². The fourth-order valence-electron chi connectivity index (χ4n) is 2.63. The molecule has 0 aliphatic heterocycles. The van der Waals surface area contributed by atoms with E-state index in [9.17, 15) is 0 Å². The maximum absolute atomic E-state index is 5.42. The molecule has 0 spiro atoms. The molecule has 0 saturated carbocycles. The van der Waals surface area contributed by atoms with Gasteiger partial charge in [-0.3, -0.25) is 9.67 Å². The Bertz CT molecular complexity index is 752. The number of methoxy groups -OCH3 is 2. The maximum atomic E-state index is 5.42. The summed E-state index contributed by atoms with van der Waals surface area (Å²) < 4.78 is 12.6. The lowest BCUT2D eigenvalue weighted by molar-refractivity contribution is 0.353. The van der Waals surface area contributed by atoms with E-state index >= 15 is 0 Å². The minimum absolute atomic E-state index is 0.121. The zero-order valence-corrected chi connectivity index (χ0v) is 16.5. The summed E-state index contributed by atoms with van der Waals surface area (Å²) >= 11 is 0. The Morgan fingerprint density at radius 2 is 1.88 bits per heavy atom. The first kappa shape index (κ1) is 19.6. The molecule has 2 N–H and O–H groups in total. The minimum atomic E-state index is -0.121. The van der Waals surface area contributed by atoms with E-state index in [0.717, 1.165) is 28.7 Å². The zero-order chi connectivity index (χ0) is 19.2. The van der Waals surface area contributed by atoms with Gasteiger partial charge in [0.2, 0.25) is 0 Å². The van der Waals surface area contributed by atoms with Crippen molar-refractivity contribution in [1.82, 2.24) is 20.4 Å². The number of guanidine groups is 1. The summed E-state index contributed by atoms with van der Waals surface area (Å²) in [5.74, 6) is 2.21. The number of aromatic nitrogens is 2. The number of nitrogens with one attached hydrogen (secondary N) is 2. The van der Waals surface area contributed by atoms with Crippen LogP contribution in [0.2, 0.25) is 0 Å². The number of nitrogens with zero attached hydrogens (tertiary/aromatic N) is 3. The van der Waals surface area contributed by atoms with E-state index in [0.29, 0.717) is 13.1 Å². The van der Waals surface area contributed by atoms with Crippen LogP contribution in [-0.4, -0.2) is 43.6 Å². The molecule has 2 rings (SSSR count). The molecule has 1 aromatic heterocycles. The summed E-state index contributed by atoms with van der Waals surface area (Å²) in [5.41, 5.74) is 2.13. The van der Waals surface area contributed by atoms with Crippen LogP contribution in [0.4, 0.5) is 0 Å². The number of benzene rings is 1. The van der Waals surface area contributed by atoms with Crippen LogP contribution in [0.3, 0.4) is 0 Å². The number of rotatable bonds is 7. The molecule has 0 fully saturated rings. The molecule has 0 amide bonds. The van der Waals surface area contributed by atoms with Crippen LogP contribution in [-0.2, 0) is 19.0 Å². The predicted molar refractivity (Wildman–Crippen MR) is 104 cm³/mol. The minimum Gasteiger partial charge on any atom is -0.493 e. The molecule has 142 valence electrons. The smallest absolute Gasteiger partial charge is 0.191 e. The van der Waals surface area contributed by atoms with Crippen LogP contribution in [0, 0.1) is 0 Å². The molecule has 1 aromatic carbocycles. The molecule has 0 atom stereocenters. The largest absolute Gasteiger partial charge is 0.493 e. The summed E-state index contributed by atoms with van der Waals surface area (Å²) in [6, 6.07) is 8.00. The van der Waals surface area contributed by atoms with E-state index in [1.54, 1.807) is 27.5 Å². The Hall–Kier alpha value is -2.70. The van der Waals surface area contributed by atoms with Crippen LogP contribution in [0.5, 0.6) is 11.5 Å². The second-order valence-electron chi connectivity index (χ2n) is 6.68. The molecule has 2 aromatic rings. The van der Waals surface area contributed by atoms with Gasteiger partial charge in [0.25, 0.3) is 0 Å². The zero-order valence-electron chi connectivity index (χ0n) is 16.5. The Kier molecular flexibility index (Phi) is 6.49. The Balaban J connectivity index is 2.00. The highest BCUT2D eigenvalue weighted by Gasteiger charge is 2.22. The van der Waals surface area contributed by atoms with Crippen molar-refractivity contribution in [2.45, 2.75) is 25.8 Å². The second kappa shape index (κ2) is 8.60. The summed E-state index contributed by atoms with van der Waals surface area (Å²) in [6.07, 6.45) is 1.79. The van der Waals surface area contributed by atoms with Gasteiger partial charge in [-0.2, -0.15) is 5.10 Å². The summed E-state index contributed by atoms with van der Waals surface area (Å²) in [4.78, 5) is 4.30. The Labute approximate surface area is 155 Å². The van der Waals surface area contributed by atoms with Gasteiger partial charge in [0.1, 0.15) is 0 Å². The number of aliphatic imine (C=N–C) groups is 1. The summed E-state index contributed by atoms with van der Waals surface area (Å²) in [6.45, 7) is 5.73. The van der Waals surface area contributed by atoms with Crippen LogP contribution < -0.4 is 20.1 Å². The molecular weight excluding hydrogens is 330 g/mol. The topological polar surface area (TPSA) is 72.7 Å². The molecule has 26 heavy (non-hydrogen) atoms. The second-order valence-corrected chi connectivity index (χ2v) is 6.68. The van der Waals surface area contributed by atoms with Gasteiger partial charge in [0.05, 0.1) is 26.5 Å². The molecule has 0 saturated heterocycles. The van der Waals surface area contributed by atoms with E-state index in [1.165, 1.54) is 0 Å². The van der Waals surface area contributed by atoms with Gasteiger partial charge in [-0.05, 0) is 23.8 Å². The summed E-state index contributed by atoms with van der Waals surface area (Å²) in [5, 5.41) is 10.9. The number of ether oxygens (including phenoxy) is 2. The lowest BCUT2D eigenvalue weighted by Gasteiger charge is -2.27. The fourth-order valence-corrected chi connectivity index (χ4v) is 2.63. The van der Waals surface area contributed by atoms with Crippen LogP contribution in [0.1, 0.15) is 25.1 Å². The van der Waals surface area contributed by atoms with Crippen molar-refractivity contribution >= 4 is 5.96 Å². The van der Waals surface area contributed by atoms with Crippen molar-refractivity contribution in [3.8, 4) is 11.5 Å². The monoisotopic (exact) mass is 359 g/mol. The summed E-state index contributed by atoms with van der Waals surface area (Å²) in [7, 11) is 6.98. The average Bonchev–Trinajstić information content (AvgIpc) is 3.06. The van der Waals surface area contributed by atoms with Crippen molar-refractivity contribution in [3.05, 3.63) is 41.7 Å². The van der Waals surface area contributed by atoms with Crippen molar-refractivity contribution in [2.24, 2.45) is 12.0 Å². The molecule has 0 radical (unpaired) electrons. The molecule has 0 aliphatic rings. The van der Waals surface area contributed by atoms with Gasteiger partial charge >= 0.3 is 0 Å². The maximum Gasteiger partial charge on any atom is 0.191 e. The lowest BCUT2D eigenvalue weighted by atomic mass is 9.84. The first-order chi connectivity index (χ1) is 12.4. The van der Waals surface area contributed by atoms with E-state index in [-0.39, 0.29) is 5.41 Å². The van der Waals surface area contributed by atoms with Crippen LogP contribution in [0.15, 0.2) is 35.5 Å². The van der Waals surface area contributed by atoms with Crippen molar-refractivity contribution in [3.63, 3.8) is 0 Å². The fraction of sp³-hybridized carbons (Fsp3) is 0.474. The molecule has 7 nitrogen and oxygen atoms in total. The number of hydrogen-bond donors (Lipinski definition) is 2. The highest BCUT2D eigenvalue weighted by Crippen LogP contribution is 2.32. The van der Waals surface area contributed by atoms with Crippen LogP contribution >= 0.6 is 0 Å². The first-order valence-electron chi connectivity index (χ1n) is 8.55. The molecule has 7 heteroatoms. The van der Waals surface area contributed by atoms with Crippen molar-refractivity contribution in [1.29, 1.82) is 0 Å². The highest BCUT2D eigenvalue weighted by atomic mass is 16.5. The Morgan fingerprint density at radius 3 is 2.46 bits per heavy atom. The number of hydrogen-bond acceptors (Lipinski definition) is 4. The molecule has 1 heterocycles. The highest BCUT2D eigenvalue weighted by molar-refractivity contribution is 5.79. The van der Waals surface area contributed by atoms with Crippen LogP contribution in [0.25, 0.3) is 0 Å². The lowest BCUT2D eigenvalue weighted by Crippen LogP contribution is -2.43. The quantitative estimate of drug-likeness (QED) is 0.585. The normalized spacial score (nSPS) is 12.0. The van der Waals surface area contributed by atoms with E-state index < -0.39 is 0 Å². The van der Waals surface area contributed by atoms with Gasteiger partial charge in [0, 0.05) is 32.3 Å². The van der Waals surface area contributed by atoms with Gasteiger partial charge < -0.3 is 20.1 Å². The standard InChI is InChI=1S/C19H29N5O2/c1-19(2,14-7-8-16(25-5)17(11-14)26-6)13-22-18(20-3)21-12-15-9-10-23-24(15)4/h7-11H,12-13H2,1-6H3,(H2,20,21,22). The van der Waals surface area contributed by atoms with E-state index in [1.807, 2.05) is 29.9 Å². The average molecular weight is 359 g/mol. The predicted octanol–water partition coefficient (Wildman–Crippen LogP) is 2.08. The SMILES string of the molecule is CN=C(NCc1ccnn1C)NCC(C)(C)c1ccc(OC)c(OC)c1. The molecule has 0 aliphatic carbocycles. The molecular formula is C19H29N5O2. The number of aryl methyl sites for hydroxylation is 1.